The van der Waals surface area contributed by atoms with Gasteiger partial charge in [0, 0.05) is 17.8 Å². The predicted molar refractivity (Wildman–Crippen MR) is 114 cm³/mol. The van der Waals surface area contributed by atoms with Gasteiger partial charge in [0.15, 0.2) is 0 Å². The first kappa shape index (κ1) is 19.3. The number of halogens is 1. The number of nitrogens with zero attached hydrogens (tertiary/aromatic N) is 2. The zero-order valence-corrected chi connectivity index (χ0v) is 16.0. The molecular formula is C24H18FN3O2. The maximum atomic E-state index is 13.3. The first-order chi connectivity index (χ1) is 14.7. The number of anilines is 1. The van der Waals surface area contributed by atoms with Gasteiger partial charge in [-0.05, 0) is 48.0 Å². The van der Waals surface area contributed by atoms with Gasteiger partial charge in [-0.1, -0.05) is 30.3 Å². The highest BCUT2D eigenvalue weighted by molar-refractivity contribution is 6.01. The number of carbonyl (C=O) groups excluding carboxylic acids is 1. The zero-order chi connectivity index (χ0) is 20.8. The van der Waals surface area contributed by atoms with Crippen LogP contribution >= 0.6 is 0 Å². The van der Waals surface area contributed by atoms with Crippen molar-refractivity contribution in [3.8, 4) is 5.75 Å². The second-order valence-electron chi connectivity index (χ2n) is 6.55. The van der Waals surface area contributed by atoms with Gasteiger partial charge in [-0.25, -0.2) is 9.37 Å². The van der Waals surface area contributed by atoms with Crippen molar-refractivity contribution >= 4 is 28.7 Å². The molecule has 3 aromatic carbocycles. The van der Waals surface area contributed by atoms with E-state index >= 15 is 0 Å². The molecule has 6 heteroatoms. The van der Waals surface area contributed by atoms with E-state index in [1.807, 2.05) is 24.3 Å². The van der Waals surface area contributed by atoms with Gasteiger partial charge >= 0.3 is 0 Å². The fourth-order valence-corrected chi connectivity index (χ4v) is 2.85. The summed E-state index contributed by atoms with van der Waals surface area (Å²) >= 11 is 0. The van der Waals surface area contributed by atoms with E-state index in [-0.39, 0.29) is 18.3 Å². The van der Waals surface area contributed by atoms with E-state index in [9.17, 15) is 9.18 Å². The molecule has 0 bridgehead atoms. The number of carbonyl (C=O) groups is 1. The molecule has 0 saturated carbocycles. The summed E-state index contributed by atoms with van der Waals surface area (Å²) in [5.41, 5.74) is 3.48. The smallest absolute Gasteiger partial charge is 0.248 e. The Morgan fingerprint density at radius 1 is 1.00 bits per heavy atom. The number of nitrogens with one attached hydrogen (secondary N) is 1. The van der Waals surface area contributed by atoms with Crippen LogP contribution in [0.15, 0.2) is 85.1 Å². The van der Waals surface area contributed by atoms with E-state index in [1.165, 1.54) is 18.2 Å². The van der Waals surface area contributed by atoms with E-state index in [4.69, 9.17) is 4.74 Å². The summed E-state index contributed by atoms with van der Waals surface area (Å²) in [4.78, 5) is 21.0. The van der Waals surface area contributed by atoms with Crippen molar-refractivity contribution in [1.29, 1.82) is 0 Å². The van der Waals surface area contributed by atoms with Crippen LogP contribution in [0.25, 0.3) is 17.1 Å². The molecule has 4 rings (SSSR count). The Morgan fingerprint density at radius 2 is 1.83 bits per heavy atom. The maximum absolute atomic E-state index is 13.3. The van der Waals surface area contributed by atoms with Crippen molar-refractivity contribution in [2.75, 3.05) is 5.32 Å². The van der Waals surface area contributed by atoms with Crippen LogP contribution in [0.1, 0.15) is 11.3 Å². The van der Waals surface area contributed by atoms with Crippen LogP contribution in [0.5, 0.6) is 5.75 Å². The Bertz CT molecular complexity index is 1220. The number of fused-ring (bicyclic) bond motifs is 1. The summed E-state index contributed by atoms with van der Waals surface area (Å²) in [5, 5.41) is 2.78. The van der Waals surface area contributed by atoms with Gasteiger partial charge in [-0.3, -0.25) is 9.78 Å². The Balaban J connectivity index is 1.37. The van der Waals surface area contributed by atoms with E-state index in [1.54, 1.807) is 48.7 Å². The molecule has 0 saturated heterocycles. The van der Waals surface area contributed by atoms with E-state index in [2.05, 4.69) is 15.3 Å². The second-order valence-corrected chi connectivity index (χ2v) is 6.55. The van der Waals surface area contributed by atoms with Crippen molar-refractivity contribution in [1.82, 2.24) is 9.97 Å². The largest absolute Gasteiger partial charge is 0.489 e. The summed E-state index contributed by atoms with van der Waals surface area (Å²) in [5.74, 6) is -0.0336. The summed E-state index contributed by atoms with van der Waals surface area (Å²) < 4.78 is 18.9. The molecule has 0 aliphatic rings. The van der Waals surface area contributed by atoms with Gasteiger partial charge in [-0.2, -0.15) is 0 Å². The van der Waals surface area contributed by atoms with Crippen LogP contribution in [0.4, 0.5) is 10.1 Å². The zero-order valence-electron chi connectivity index (χ0n) is 16.0. The molecule has 0 aliphatic carbocycles. The standard InChI is InChI=1S/C24H18FN3O2/c25-18-6-3-5-17(13-18)16-30-21-8-4-7-19(14-21)28-24(29)12-11-20-15-26-22-9-1-2-10-23(22)27-20/h1-15H,16H2,(H,28,29). The highest BCUT2D eigenvalue weighted by Crippen LogP contribution is 2.19. The molecular weight excluding hydrogens is 381 g/mol. The Labute approximate surface area is 172 Å². The Hall–Kier alpha value is -4.06. The highest BCUT2D eigenvalue weighted by Gasteiger charge is 2.03. The summed E-state index contributed by atoms with van der Waals surface area (Å²) in [6.45, 7) is 0.232. The van der Waals surface area contributed by atoms with E-state index in [0.717, 1.165) is 16.6 Å². The van der Waals surface area contributed by atoms with Crippen molar-refractivity contribution < 1.29 is 13.9 Å². The van der Waals surface area contributed by atoms with Gasteiger partial charge < -0.3 is 10.1 Å². The topological polar surface area (TPSA) is 64.1 Å². The lowest BCUT2D eigenvalue weighted by atomic mass is 10.2. The molecule has 0 fully saturated rings. The third-order valence-electron chi connectivity index (χ3n) is 4.27. The normalized spacial score (nSPS) is 11.0. The monoisotopic (exact) mass is 399 g/mol. The SMILES string of the molecule is O=C(C=Cc1cnc2ccccc2n1)Nc1cccc(OCc2cccc(F)c2)c1. The van der Waals surface area contributed by atoms with Crippen molar-refractivity contribution in [3.63, 3.8) is 0 Å². The Morgan fingerprint density at radius 3 is 2.70 bits per heavy atom. The molecule has 0 aliphatic heterocycles. The maximum Gasteiger partial charge on any atom is 0.248 e. The fraction of sp³-hybridized carbons (Fsp3) is 0.0417. The number of rotatable bonds is 6. The van der Waals surface area contributed by atoms with Crippen molar-refractivity contribution in [3.05, 3.63) is 102 Å². The fourth-order valence-electron chi connectivity index (χ4n) is 2.85. The molecule has 1 amide bonds. The average Bonchev–Trinajstić information content (AvgIpc) is 2.76. The van der Waals surface area contributed by atoms with Crippen LogP contribution in [0, 0.1) is 5.82 Å². The van der Waals surface area contributed by atoms with Crippen LogP contribution in [-0.2, 0) is 11.4 Å². The molecule has 0 atom stereocenters. The highest BCUT2D eigenvalue weighted by atomic mass is 19.1. The van der Waals surface area contributed by atoms with Crippen LogP contribution in [-0.4, -0.2) is 15.9 Å². The predicted octanol–water partition coefficient (Wildman–Crippen LogP) is 5.00. The first-order valence-electron chi connectivity index (χ1n) is 9.34. The first-order valence-corrected chi connectivity index (χ1v) is 9.34. The van der Waals surface area contributed by atoms with Gasteiger partial charge in [0.1, 0.15) is 18.2 Å². The molecule has 5 nitrogen and oxygen atoms in total. The number of hydrogen-bond donors (Lipinski definition) is 1. The summed E-state index contributed by atoms with van der Waals surface area (Å²) in [6, 6.07) is 20.8. The molecule has 30 heavy (non-hydrogen) atoms. The minimum absolute atomic E-state index is 0.232. The third kappa shape index (κ3) is 5.05. The number of para-hydroxylation sites is 2. The Kier molecular flexibility index (Phi) is 5.75. The molecule has 0 radical (unpaired) electrons. The van der Waals surface area contributed by atoms with Gasteiger partial charge in [0.2, 0.25) is 5.91 Å². The molecule has 1 heterocycles. The van der Waals surface area contributed by atoms with Gasteiger partial charge in [-0.15, -0.1) is 0 Å². The lowest BCUT2D eigenvalue weighted by molar-refractivity contribution is -0.111. The van der Waals surface area contributed by atoms with Gasteiger partial charge in [0.25, 0.3) is 0 Å². The van der Waals surface area contributed by atoms with Crippen LogP contribution in [0.3, 0.4) is 0 Å². The lowest BCUT2D eigenvalue weighted by Gasteiger charge is -2.08. The molecule has 0 spiro atoms. The van der Waals surface area contributed by atoms with Crippen LogP contribution in [0.2, 0.25) is 0 Å². The molecule has 1 N–H and O–H groups in total. The second kappa shape index (κ2) is 8.96. The number of benzene rings is 3. The number of hydrogen-bond acceptors (Lipinski definition) is 4. The third-order valence-corrected chi connectivity index (χ3v) is 4.27. The number of aromatic nitrogens is 2. The van der Waals surface area contributed by atoms with Gasteiger partial charge in [0.05, 0.1) is 22.9 Å². The number of amides is 1. The summed E-state index contributed by atoms with van der Waals surface area (Å²) in [6.07, 6.45) is 4.63. The van der Waals surface area contributed by atoms with Crippen LogP contribution < -0.4 is 10.1 Å². The van der Waals surface area contributed by atoms with Crippen molar-refractivity contribution in [2.24, 2.45) is 0 Å². The van der Waals surface area contributed by atoms with E-state index < -0.39 is 0 Å². The molecule has 148 valence electrons. The minimum Gasteiger partial charge on any atom is -0.489 e. The van der Waals surface area contributed by atoms with E-state index in [0.29, 0.717) is 17.1 Å². The number of ether oxygens (including phenoxy) is 1. The molecule has 4 aromatic rings. The minimum atomic E-state index is -0.306. The lowest BCUT2D eigenvalue weighted by Crippen LogP contribution is -2.08. The molecule has 0 unspecified atom stereocenters. The van der Waals surface area contributed by atoms with Crippen molar-refractivity contribution in [2.45, 2.75) is 6.61 Å². The summed E-state index contributed by atoms with van der Waals surface area (Å²) in [7, 11) is 0. The average molecular weight is 399 g/mol. The quantitative estimate of drug-likeness (QED) is 0.464. The molecule has 1 aromatic heterocycles.